The number of fused-ring (bicyclic) bond motifs is 1. The third kappa shape index (κ3) is 4.00. The Kier molecular flexibility index (Phi) is 5.67. The lowest BCUT2D eigenvalue weighted by Crippen LogP contribution is -2.41. The van der Waals surface area contributed by atoms with Gasteiger partial charge in [0, 0.05) is 5.69 Å². The molecule has 0 spiro atoms. The number of carbonyl (C=O) groups is 1. The molecule has 156 valence electrons. The van der Waals surface area contributed by atoms with Gasteiger partial charge in [0.1, 0.15) is 16.8 Å². The topological polar surface area (TPSA) is 81.1 Å². The largest absolute Gasteiger partial charge is 0.494 e. The zero-order valence-corrected chi connectivity index (χ0v) is 18.3. The van der Waals surface area contributed by atoms with Gasteiger partial charge in [0.05, 0.1) is 12.6 Å². The number of benzene rings is 2. The Labute approximate surface area is 180 Å². The average Bonchev–Trinajstić information content (AvgIpc) is 3.10. The summed E-state index contributed by atoms with van der Waals surface area (Å²) < 4.78 is 7.40. The highest BCUT2D eigenvalue weighted by molar-refractivity contribution is 8.00. The van der Waals surface area contributed by atoms with Gasteiger partial charge in [-0.25, -0.2) is 4.68 Å². The maximum absolute atomic E-state index is 13.3. The van der Waals surface area contributed by atoms with E-state index < -0.39 is 5.25 Å². The highest BCUT2D eigenvalue weighted by atomic mass is 32.2. The summed E-state index contributed by atoms with van der Waals surface area (Å²) in [6.45, 7) is 8.49. The van der Waals surface area contributed by atoms with Crippen molar-refractivity contribution < 1.29 is 9.53 Å². The molecule has 1 amide bonds. The highest BCUT2D eigenvalue weighted by Gasteiger charge is 2.37. The number of aromatic nitrogens is 3. The van der Waals surface area contributed by atoms with E-state index in [1.165, 1.54) is 11.8 Å². The van der Waals surface area contributed by atoms with Crippen LogP contribution in [0.15, 0.2) is 47.6 Å². The first-order chi connectivity index (χ1) is 14.5. The van der Waals surface area contributed by atoms with E-state index in [1.54, 1.807) is 0 Å². The van der Waals surface area contributed by atoms with E-state index in [4.69, 9.17) is 4.74 Å². The minimum atomic E-state index is -0.417. The Hall–Kier alpha value is -3.00. The number of ether oxygens (including phenoxy) is 1. The van der Waals surface area contributed by atoms with Gasteiger partial charge >= 0.3 is 0 Å². The standard InChI is InChI=1S/C22H25N5O2S/c1-5-29-17-9-7-16(8-10-17)19-20(30-22-25-24-15(4)27(22)26-19)21(28)23-18-11-6-13(2)12-14(18)3/h6-12,19-20,26H,5H2,1-4H3,(H,23,28)/t19-,20-/m0/s1. The molecule has 1 aliphatic rings. The van der Waals surface area contributed by atoms with Crippen LogP contribution in [0.1, 0.15) is 35.5 Å². The molecule has 30 heavy (non-hydrogen) atoms. The lowest BCUT2D eigenvalue weighted by molar-refractivity contribution is -0.116. The van der Waals surface area contributed by atoms with Gasteiger partial charge in [-0.3, -0.25) is 4.79 Å². The minimum absolute atomic E-state index is 0.0785. The second kappa shape index (κ2) is 8.39. The zero-order valence-electron chi connectivity index (χ0n) is 17.5. The molecular weight excluding hydrogens is 398 g/mol. The quantitative estimate of drug-likeness (QED) is 0.646. The van der Waals surface area contributed by atoms with Crippen LogP contribution < -0.4 is 15.5 Å². The van der Waals surface area contributed by atoms with E-state index in [-0.39, 0.29) is 11.9 Å². The van der Waals surface area contributed by atoms with Crippen LogP contribution >= 0.6 is 11.8 Å². The first kappa shape index (κ1) is 20.3. The Morgan fingerprint density at radius 3 is 2.63 bits per heavy atom. The number of nitrogens with one attached hydrogen (secondary N) is 2. The molecule has 0 fully saturated rings. The number of rotatable bonds is 5. The molecular formula is C22H25N5O2S. The number of aryl methyl sites for hydroxylation is 3. The molecule has 2 aromatic carbocycles. The summed E-state index contributed by atoms with van der Waals surface area (Å²) >= 11 is 1.42. The Bertz CT molecular complexity index is 1060. The summed E-state index contributed by atoms with van der Waals surface area (Å²) in [5, 5.41) is 11.7. The molecule has 0 unspecified atom stereocenters. The number of amides is 1. The Morgan fingerprint density at radius 1 is 1.17 bits per heavy atom. The highest BCUT2D eigenvalue weighted by Crippen LogP contribution is 2.38. The molecule has 0 bridgehead atoms. The molecule has 0 radical (unpaired) electrons. The van der Waals surface area contributed by atoms with Crippen molar-refractivity contribution in [2.45, 2.75) is 44.1 Å². The van der Waals surface area contributed by atoms with Crippen LogP contribution in [-0.2, 0) is 4.79 Å². The van der Waals surface area contributed by atoms with Crippen LogP contribution in [-0.4, -0.2) is 32.6 Å². The smallest absolute Gasteiger partial charge is 0.240 e. The van der Waals surface area contributed by atoms with Crippen molar-refractivity contribution in [1.82, 2.24) is 14.9 Å². The predicted octanol–water partition coefficient (Wildman–Crippen LogP) is 4.00. The van der Waals surface area contributed by atoms with Gasteiger partial charge in [-0.2, -0.15) is 0 Å². The second-order valence-corrected chi connectivity index (χ2v) is 8.43. The van der Waals surface area contributed by atoms with Crippen LogP contribution in [0, 0.1) is 20.8 Å². The van der Waals surface area contributed by atoms with Crippen LogP contribution in [0.4, 0.5) is 5.69 Å². The van der Waals surface area contributed by atoms with Crippen molar-refractivity contribution in [2.24, 2.45) is 0 Å². The van der Waals surface area contributed by atoms with Crippen LogP contribution in [0.2, 0.25) is 0 Å². The van der Waals surface area contributed by atoms with Gasteiger partial charge in [0.25, 0.3) is 0 Å². The fraction of sp³-hybridized carbons (Fsp3) is 0.318. The molecule has 2 atom stereocenters. The molecule has 1 aromatic heterocycles. The van der Waals surface area contributed by atoms with Gasteiger partial charge in [-0.05, 0) is 57.0 Å². The maximum atomic E-state index is 13.3. The van der Waals surface area contributed by atoms with E-state index in [9.17, 15) is 4.79 Å². The fourth-order valence-electron chi connectivity index (χ4n) is 3.51. The van der Waals surface area contributed by atoms with E-state index in [2.05, 4.69) is 27.0 Å². The number of carbonyl (C=O) groups excluding carboxylic acids is 1. The maximum Gasteiger partial charge on any atom is 0.240 e. The Morgan fingerprint density at radius 2 is 1.93 bits per heavy atom. The molecule has 4 rings (SSSR count). The number of hydrogen-bond donors (Lipinski definition) is 2. The van der Waals surface area contributed by atoms with Gasteiger partial charge in [-0.15, -0.1) is 10.2 Å². The third-order valence-corrected chi connectivity index (χ3v) is 6.26. The lowest BCUT2D eigenvalue weighted by Gasteiger charge is -2.33. The van der Waals surface area contributed by atoms with Crippen LogP contribution in [0.3, 0.4) is 0 Å². The molecule has 3 aromatic rings. The molecule has 0 saturated carbocycles. The lowest BCUT2D eigenvalue weighted by atomic mass is 10.0. The normalized spacial score (nSPS) is 17.7. The summed E-state index contributed by atoms with van der Waals surface area (Å²) in [6, 6.07) is 13.6. The van der Waals surface area contributed by atoms with Crippen molar-refractivity contribution in [1.29, 1.82) is 0 Å². The van der Waals surface area contributed by atoms with Crippen molar-refractivity contribution in [3.05, 3.63) is 65.0 Å². The van der Waals surface area contributed by atoms with Crippen molar-refractivity contribution in [3.63, 3.8) is 0 Å². The SMILES string of the molecule is CCOc1ccc([C@@H]2Nn3c(C)nnc3S[C@@H]2C(=O)Nc2ccc(C)cc2C)cc1. The summed E-state index contributed by atoms with van der Waals surface area (Å²) in [5.74, 6) is 1.48. The van der Waals surface area contributed by atoms with E-state index in [0.29, 0.717) is 11.8 Å². The number of thioether (sulfide) groups is 1. The summed E-state index contributed by atoms with van der Waals surface area (Å²) in [5.41, 5.74) is 7.43. The minimum Gasteiger partial charge on any atom is -0.494 e. The number of nitrogens with zero attached hydrogens (tertiary/aromatic N) is 3. The molecule has 2 N–H and O–H groups in total. The monoisotopic (exact) mass is 423 g/mol. The summed E-state index contributed by atoms with van der Waals surface area (Å²) in [7, 11) is 0. The average molecular weight is 424 g/mol. The van der Waals surface area contributed by atoms with E-state index in [0.717, 1.165) is 34.0 Å². The number of hydrogen-bond acceptors (Lipinski definition) is 6. The second-order valence-electron chi connectivity index (χ2n) is 7.32. The molecule has 2 heterocycles. The van der Waals surface area contributed by atoms with Gasteiger partial charge in [0.15, 0.2) is 0 Å². The molecule has 8 heteroatoms. The molecule has 0 aliphatic carbocycles. The van der Waals surface area contributed by atoms with Crippen molar-refractivity contribution in [2.75, 3.05) is 17.3 Å². The molecule has 7 nitrogen and oxygen atoms in total. The fourth-order valence-corrected chi connectivity index (χ4v) is 4.63. The zero-order chi connectivity index (χ0) is 21.3. The van der Waals surface area contributed by atoms with Crippen molar-refractivity contribution >= 4 is 23.4 Å². The molecule has 1 aliphatic heterocycles. The van der Waals surface area contributed by atoms with Gasteiger partial charge in [-0.1, -0.05) is 41.6 Å². The first-order valence-corrected chi connectivity index (χ1v) is 10.8. The van der Waals surface area contributed by atoms with Crippen LogP contribution in [0.5, 0.6) is 5.75 Å². The van der Waals surface area contributed by atoms with Gasteiger partial charge < -0.3 is 15.5 Å². The van der Waals surface area contributed by atoms with Crippen LogP contribution in [0.25, 0.3) is 0 Å². The Balaban J connectivity index is 1.64. The molecule has 0 saturated heterocycles. The third-order valence-electron chi connectivity index (χ3n) is 5.05. The van der Waals surface area contributed by atoms with E-state index >= 15 is 0 Å². The summed E-state index contributed by atoms with van der Waals surface area (Å²) in [6.07, 6.45) is 0. The first-order valence-electron chi connectivity index (χ1n) is 9.92. The summed E-state index contributed by atoms with van der Waals surface area (Å²) in [4.78, 5) is 13.3. The number of anilines is 1. The van der Waals surface area contributed by atoms with Crippen molar-refractivity contribution in [3.8, 4) is 5.75 Å². The van der Waals surface area contributed by atoms with Gasteiger partial charge in [0.2, 0.25) is 11.1 Å². The predicted molar refractivity (Wildman–Crippen MR) is 119 cm³/mol. The van der Waals surface area contributed by atoms with E-state index in [1.807, 2.05) is 68.8 Å².